The molecule has 2 saturated heterocycles. The number of fused-ring (bicyclic) bond motifs is 1. The number of carbonyl (C=O) groups is 2. The highest BCUT2D eigenvalue weighted by atomic mass is 16.2. The Hall–Kier alpha value is -2.69. The monoisotopic (exact) mass is 349 g/mol. The van der Waals surface area contributed by atoms with Gasteiger partial charge in [0, 0.05) is 37.9 Å². The van der Waals surface area contributed by atoms with Crippen LogP contribution in [0.1, 0.15) is 30.4 Å². The van der Waals surface area contributed by atoms with Crippen molar-refractivity contribution in [1.29, 1.82) is 0 Å². The van der Waals surface area contributed by atoms with Gasteiger partial charge >= 0.3 is 0 Å². The van der Waals surface area contributed by atoms with E-state index in [4.69, 9.17) is 0 Å². The summed E-state index contributed by atoms with van der Waals surface area (Å²) < 4.78 is 0. The van der Waals surface area contributed by atoms with Gasteiger partial charge < -0.3 is 10.2 Å². The number of nitrogens with zero attached hydrogens (tertiary/aromatic N) is 2. The molecule has 1 aromatic heterocycles. The van der Waals surface area contributed by atoms with Gasteiger partial charge in [-0.2, -0.15) is 0 Å². The molecular formula is C21H23N3O2. The molecule has 0 unspecified atom stereocenters. The van der Waals surface area contributed by atoms with E-state index < -0.39 is 5.41 Å². The molecule has 2 aliphatic rings. The molecule has 0 radical (unpaired) electrons. The van der Waals surface area contributed by atoms with Crippen molar-refractivity contribution >= 4 is 11.8 Å². The molecule has 1 aromatic carbocycles. The smallest absolute Gasteiger partial charge is 0.232 e. The molecule has 2 aliphatic heterocycles. The quantitative estimate of drug-likeness (QED) is 0.899. The first kappa shape index (κ1) is 16.8. The van der Waals surface area contributed by atoms with Crippen LogP contribution >= 0.6 is 0 Å². The molecule has 0 spiro atoms. The lowest BCUT2D eigenvalue weighted by Crippen LogP contribution is -2.47. The van der Waals surface area contributed by atoms with E-state index in [0.717, 1.165) is 24.0 Å². The van der Waals surface area contributed by atoms with Crippen molar-refractivity contribution in [2.45, 2.75) is 37.1 Å². The third-order valence-electron chi connectivity index (χ3n) is 5.69. The predicted molar refractivity (Wildman–Crippen MR) is 98.4 cm³/mol. The maximum atomic E-state index is 13.2. The maximum Gasteiger partial charge on any atom is 0.232 e. The van der Waals surface area contributed by atoms with Crippen LogP contribution in [0.2, 0.25) is 0 Å². The van der Waals surface area contributed by atoms with Crippen LogP contribution in [0.15, 0.2) is 54.9 Å². The van der Waals surface area contributed by atoms with Crippen LogP contribution in [0.25, 0.3) is 0 Å². The summed E-state index contributed by atoms with van der Waals surface area (Å²) in [6, 6.07) is 14.0. The third-order valence-corrected chi connectivity index (χ3v) is 5.69. The Morgan fingerprint density at radius 3 is 2.69 bits per heavy atom. The molecule has 2 aromatic rings. The SMILES string of the molecule is O=C1CC[C@H]2C[C@@](C(=O)NCCc3ccncc3)(c3ccccc3)CN12. The molecular weight excluding hydrogens is 326 g/mol. The highest BCUT2D eigenvalue weighted by molar-refractivity contribution is 5.91. The van der Waals surface area contributed by atoms with Gasteiger partial charge in [0.15, 0.2) is 0 Å². The lowest BCUT2D eigenvalue weighted by molar-refractivity contribution is -0.129. The van der Waals surface area contributed by atoms with Crippen molar-refractivity contribution in [2.75, 3.05) is 13.1 Å². The van der Waals surface area contributed by atoms with Gasteiger partial charge in [-0.1, -0.05) is 30.3 Å². The fraction of sp³-hybridized carbons (Fsp3) is 0.381. The van der Waals surface area contributed by atoms with E-state index in [-0.39, 0.29) is 17.9 Å². The van der Waals surface area contributed by atoms with E-state index in [2.05, 4.69) is 10.3 Å². The van der Waals surface area contributed by atoms with Crippen molar-refractivity contribution in [3.63, 3.8) is 0 Å². The minimum absolute atomic E-state index is 0.0277. The molecule has 0 bridgehead atoms. The van der Waals surface area contributed by atoms with Crippen molar-refractivity contribution in [3.05, 3.63) is 66.0 Å². The molecule has 5 nitrogen and oxygen atoms in total. The van der Waals surface area contributed by atoms with Crippen LogP contribution in [0, 0.1) is 0 Å². The molecule has 2 fully saturated rings. The lowest BCUT2D eigenvalue weighted by atomic mass is 9.77. The van der Waals surface area contributed by atoms with Gasteiger partial charge in [0.25, 0.3) is 0 Å². The number of hydrogen-bond donors (Lipinski definition) is 1. The largest absolute Gasteiger partial charge is 0.355 e. The molecule has 2 atom stereocenters. The number of rotatable bonds is 5. The van der Waals surface area contributed by atoms with E-state index in [1.54, 1.807) is 12.4 Å². The standard InChI is InChI=1S/C21H23N3O2/c25-19-7-6-18-14-21(15-24(18)19,17-4-2-1-3-5-17)20(26)23-13-10-16-8-11-22-12-9-16/h1-5,8-9,11-12,18H,6-7,10,13-15H2,(H,23,26)/t18-,21-/m0/s1. The maximum absolute atomic E-state index is 13.2. The van der Waals surface area contributed by atoms with E-state index >= 15 is 0 Å². The van der Waals surface area contributed by atoms with Gasteiger partial charge in [0.05, 0.1) is 5.41 Å². The molecule has 26 heavy (non-hydrogen) atoms. The van der Waals surface area contributed by atoms with Crippen LogP contribution in [-0.2, 0) is 21.4 Å². The molecule has 2 amide bonds. The summed E-state index contributed by atoms with van der Waals surface area (Å²) in [6.45, 7) is 1.07. The van der Waals surface area contributed by atoms with E-state index in [0.29, 0.717) is 25.9 Å². The average Bonchev–Trinajstić information content (AvgIpc) is 3.23. The second-order valence-electron chi connectivity index (χ2n) is 7.23. The Morgan fingerprint density at radius 1 is 1.19 bits per heavy atom. The summed E-state index contributed by atoms with van der Waals surface area (Å²) >= 11 is 0. The number of nitrogens with one attached hydrogen (secondary N) is 1. The fourth-order valence-corrected chi connectivity index (χ4v) is 4.28. The topological polar surface area (TPSA) is 62.3 Å². The summed E-state index contributed by atoms with van der Waals surface area (Å²) in [6.07, 6.45) is 6.48. The Balaban J connectivity index is 1.52. The van der Waals surface area contributed by atoms with E-state index in [9.17, 15) is 9.59 Å². The Bertz CT molecular complexity index is 793. The molecule has 3 heterocycles. The van der Waals surface area contributed by atoms with Crippen LogP contribution in [0.3, 0.4) is 0 Å². The van der Waals surface area contributed by atoms with Gasteiger partial charge in [-0.05, 0) is 42.5 Å². The number of hydrogen-bond acceptors (Lipinski definition) is 3. The van der Waals surface area contributed by atoms with Gasteiger partial charge in [-0.15, -0.1) is 0 Å². The molecule has 4 rings (SSSR count). The molecule has 134 valence electrons. The molecule has 1 N–H and O–H groups in total. The molecule has 5 heteroatoms. The normalized spacial score (nSPS) is 24.5. The van der Waals surface area contributed by atoms with Crippen LogP contribution in [0.5, 0.6) is 0 Å². The molecule has 0 aliphatic carbocycles. The highest BCUT2D eigenvalue weighted by Crippen LogP contribution is 2.42. The van der Waals surface area contributed by atoms with Crippen LogP contribution in [0.4, 0.5) is 0 Å². The Kier molecular flexibility index (Phi) is 4.45. The van der Waals surface area contributed by atoms with Crippen molar-refractivity contribution in [3.8, 4) is 0 Å². The van der Waals surface area contributed by atoms with Gasteiger partial charge in [0.1, 0.15) is 0 Å². The summed E-state index contributed by atoms with van der Waals surface area (Å²) in [7, 11) is 0. The number of aromatic nitrogens is 1. The first-order valence-electron chi connectivity index (χ1n) is 9.21. The Morgan fingerprint density at radius 2 is 1.96 bits per heavy atom. The zero-order valence-corrected chi connectivity index (χ0v) is 14.7. The summed E-state index contributed by atoms with van der Waals surface area (Å²) in [5.74, 6) is 0.206. The van der Waals surface area contributed by atoms with E-state index in [1.807, 2.05) is 47.4 Å². The van der Waals surface area contributed by atoms with Crippen LogP contribution < -0.4 is 5.32 Å². The summed E-state index contributed by atoms with van der Waals surface area (Å²) in [4.78, 5) is 31.3. The first-order valence-corrected chi connectivity index (χ1v) is 9.21. The summed E-state index contributed by atoms with van der Waals surface area (Å²) in [5.41, 5.74) is 1.51. The lowest BCUT2D eigenvalue weighted by Gasteiger charge is -2.29. The zero-order valence-electron chi connectivity index (χ0n) is 14.7. The van der Waals surface area contributed by atoms with Crippen molar-refractivity contribution < 1.29 is 9.59 Å². The minimum Gasteiger partial charge on any atom is -0.355 e. The fourth-order valence-electron chi connectivity index (χ4n) is 4.28. The van der Waals surface area contributed by atoms with Gasteiger partial charge in [-0.3, -0.25) is 14.6 Å². The minimum atomic E-state index is -0.639. The van der Waals surface area contributed by atoms with Gasteiger partial charge in [-0.25, -0.2) is 0 Å². The second-order valence-corrected chi connectivity index (χ2v) is 7.23. The zero-order chi connectivity index (χ0) is 18.0. The summed E-state index contributed by atoms with van der Waals surface area (Å²) in [5, 5.41) is 3.12. The number of amides is 2. The third kappa shape index (κ3) is 2.98. The number of pyridine rings is 1. The first-order chi connectivity index (χ1) is 12.7. The molecule has 0 saturated carbocycles. The van der Waals surface area contributed by atoms with Crippen molar-refractivity contribution in [2.24, 2.45) is 0 Å². The number of carbonyl (C=O) groups excluding carboxylic acids is 2. The van der Waals surface area contributed by atoms with Crippen molar-refractivity contribution in [1.82, 2.24) is 15.2 Å². The number of benzene rings is 1. The highest BCUT2D eigenvalue weighted by Gasteiger charge is 2.53. The van der Waals surface area contributed by atoms with Crippen LogP contribution in [-0.4, -0.2) is 40.8 Å². The predicted octanol–water partition coefficient (Wildman–Crippen LogP) is 2.07. The average molecular weight is 349 g/mol. The Labute approximate surface area is 153 Å². The second kappa shape index (κ2) is 6.90. The van der Waals surface area contributed by atoms with Gasteiger partial charge in [0.2, 0.25) is 11.8 Å². The van der Waals surface area contributed by atoms with E-state index in [1.165, 1.54) is 0 Å².